The summed E-state index contributed by atoms with van der Waals surface area (Å²) in [7, 11) is 0. The van der Waals surface area contributed by atoms with Gasteiger partial charge in [-0.25, -0.2) is 4.98 Å². The van der Waals surface area contributed by atoms with E-state index in [4.69, 9.17) is 14.2 Å². The second-order valence-electron chi connectivity index (χ2n) is 8.39. The third-order valence-corrected chi connectivity index (χ3v) is 7.37. The highest BCUT2D eigenvalue weighted by atomic mass is 32.1. The lowest BCUT2D eigenvalue weighted by molar-refractivity contribution is -0.163. The van der Waals surface area contributed by atoms with Gasteiger partial charge in [0.25, 0.3) is 5.91 Å². The first kappa shape index (κ1) is 21.7. The van der Waals surface area contributed by atoms with E-state index in [1.807, 2.05) is 23.6 Å². The molecule has 3 saturated heterocycles. The highest BCUT2D eigenvalue weighted by Gasteiger charge is 2.42. The summed E-state index contributed by atoms with van der Waals surface area (Å²) in [6.07, 6.45) is 3.21. The Morgan fingerprint density at radius 1 is 1.13 bits per heavy atom. The van der Waals surface area contributed by atoms with Gasteiger partial charge < -0.3 is 24.0 Å². The number of hydrogen-bond acceptors (Lipinski definition) is 7. The van der Waals surface area contributed by atoms with Gasteiger partial charge in [0.15, 0.2) is 0 Å². The number of aromatic nitrogens is 1. The Morgan fingerprint density at radius 2 is 1.87 bits per heavy atom. The fraction of sp³-hybridized carbons (Fsp3) is 0.762. The van der Waals surface area contributed by atoms with E-state index in [9.17, 15) is 9.59 Å². The van der Waals surface area contributed by atoms with Crippen LogP contribution in [0.5, 0.6) is 0 Å². The second-order valence-corrected chi connectivity index (χ2v) is 9.59. The summed E-state index contributed by atoms with van der Waals surface area (Å²) >= 11 is 1.47. The van der Waals surface area contributed by atoms with E-state index in [2.05, 4.69) is 4.98 Å². The van der Waals surface area contributed by atoms with Crippen LogP contribution >= 0.6 is 11.3 Å². The van der Waals surface area contributed by atoms with E-state index < -0.39 is 0 Å². The molecule has 4 heterocycles. The SMILES string of the molecule is Cc1nc(C)c(C(=O)N2CCC3(CC2)CC(OCC(=O)N2CCOCC2)CCO3)s1. The largest absolute Gasteiger partial charge is 0.378 e. The molecular formula is C21H31N3O5S. The number of carbonyl (C=O) groups excluding carboxylic acids is 2. The first-order valence-electron chi connectivity index (χ1n) is 10.8. The van der Waals surface area contributed by atoms with Crippen LogP contribution in [0.15, 0.2) is 0 Å². The van der Waals surface area contributed by atoms with E-state index in [0.29, 0.717) is 46.0 Å². The van der Waals surface area contributed by atoms with Gasteiger partial charge in [-0.1, -0.05) is 0 Å². The standard InChI is InChI=1S/C21H31N3O5S/c1-15-19(30-16(2)22-15)20(26)24-6-4-21(5-7-24)13-17(3-10-29-21)28-14-18(25)23-8-11-27-12-9-23/h17H,3-14H2,1-2H3. The average molecular weight is 438 g/mol. The van der Waals surface area contributed by atoms with Crippen molar-refractivity contribution in [1.29, 1.82) is 0 Å². The maximum absolute atomic E-state index is 12.9. The minimum absolute atomic E-state index is 0.0254. The molecular weight excluding hydrogens is 406 g/mol. The van der Waals surface area contributed by atoms with Crippen LogP contribution in [0, 0.1) is 13.8 Å². The summed E-state index contributed by atoms with van der Waals surface area (Å²) in [5, 5.41) is 0.923. The number of aryl methyl sites for hydroxylation is 2. The number of ether oxygens (including phenoxy) is 3. The Balaban J connectivity index is 1.27. The summed E-state index contributed by atoms with van der Waals surface area (Å²) in [6, 6.07) is 0. The number of nitrogens with zero attached hydrogens (tertiary/aromatic N) is 3. The molecule has 2 amide bonds. The van der Waals surface area contributed by atoms with E-state index in [1.54, 1.807) is 0 Å². The number of hydrogen-bond donors (Lipinski definition) is 0. The van der Waals surface area contributed by atoms with Gasteiger partial charge in [0.1, 0.15) is 11.5 Å². The van der Waals surface area contributed by atoms with Crippen LogP contribution in [0.1, 0.15) is 46.1 Å². The van der Waals surface area contributed by atoms with Crippen molar-refractivity contribution in [3.8, 4) is 0 Å². The maximum Gasteiger partial charge on any atom is 0.265 e. The normalized spacial score (nSPS) is 24.3. The molecule has 0 saturated carbocycles. The molecule has 166 valence electrons. The van der Waals surface area contributed by atoms with Gasteiger partial charge in [-0.3, -0.25) is 9.59 Å². The Hall–Kier alpha value is -1.55. The summed E-state index contributed by atoms with van der Waals surface area (Å²) < 4.78 is 17.5. The molecule has 0 N–H and O–H groups in total. The number of thiazole rings is 1. The number of carbonyl (C=O) groups is 2. The monoisotopic (exact) mass is 437 g/mol. The van der Waals surface area contributed by atoms with E-state index in [-0.39, 0.29) is 30.1 Å². The smallest absolute Gasteiger partial charge is 0.265 e. The van der Waals surface area contributed by atoms with Crippen molar-refractivity contribution in [2.45, 2.75) is 51.2 Å². The lowest BCUT2D eigenvalue weighted by Gasteiger charge is -2.46. The molecule has 1 unspecified atom stereocenters. The minimum atomic E-state index is -0.250. The van der Waals surface area contributed by atoms with E-state index in [0.717, 1.165) is 41.3 Å². The molecule has 1 aromatic heterocycles. The topological polar surface area (TPSA) is 81.2 Å². The lowest BCUT2D eigenvalue weighted by Crippen LogP contribution is -2.52. The van der Waals surface area contributed by atoms with Gasteiger partial charge in [0, 0.05) is 39.2 Å². The molecule has 1 spiro atoms. The Bertz CT molecular complexity index is 769. The van der Waals surface area contributed by atoms with Crippen molar-refractivity contribution in [3.63, 3.8) is 0 Å². The molecule has 3 fully saturated rings. The molecule has 0 radical (unpaired) electrons. The van der Waals surface area contributed by atoms with Crippen LogP contribution in [0.3, 0.4) is 0 Å². The minimum Gasteiger partial charge on any atom is -0.378 e. The molecule has 3 aliphatic rings. The Morgan fingerprint density at radius 3 is 2.53 bits per heavy atom. The lowest BCUT2D eigenvalue weighted by atomic mass is 9.83. The summed E-state index contributed by atoms with van der Waals surface area (Å²) in [5.41, 5.74) is 0.565. The molecule has 1 atom stereocenters. The number of piperidine rings is 1. The van der Waals surface area contributed by atoms with Crippen LogP contribution < -0.4 is 0 Å². The van der Waals surface area contributed by atoms with Gasteiger partial charge in [-0.15, -0.1) is 11.3 Å². The molecule has 0 aromatic carbocycles. The molecule has 4 rings (SSSR count). The Labute approximate surface area is 181 Å². The first-order chi connectivity index (χ1) is 14.5. The van der Waals surface area contributed by atoms with Gasteiger partial charge in [-0.05, 0) is 33.1 Å². The van der Waals surface area contributed by atoms with Gasteiger partial charge >= 0.3 is 0 Å². The van der Waals surface area contributed by atoms with Crippen LogP contribution in [-0.4, -0.2) is 90.9 Å². The zero-order chi connectivity index (χ0) is 21.1. The van der Waals surface area contributed by atoms with Crippen LogP contribution in [0.4, 0.5) is 0 Å². The van der Waals surface area contributed by atoms with Crippen molar-refractivity contribution >= 4 is 23.2 Å². The zero-order valence-corrected chi connectivity index (χ0v) is 18.7. The van der Waals surface area contributed by atoms with Crippen molar-refractivity contribution in [3.05, 3.63) is 15.6 Å². The number of likely N-dealkylation sites (tertiary alicyclic amines) is 1. The molecule has 30 heavy (non-hydrogen) atoms. The molecule has 0 bridgehead atoms. The number of rotatable bonds is 4. The van der Waals surface area contributed by atoms with Crippen molar-refractivity contribution < 1.29 is 23.8 Å². The maximum atomic E-state index is 12.9. The first-order valence-corrected chi connectivity index (χ1v) is 11.6. The van der Waals surface area contributed by atoms with E-state index in [1.165, 1.54) is 11.3 Å². The third-order valence-electron chi connectivity index (χ3n) is 6.31. The predicted octanol–water partition coefficient (Wildman–Crippen LogP) is 1.79. The predicted molar refractivity (Wildman–Crippen MR) is 112 cm³/mol. The van der Waals surface area contributed by atoms with Crippen LogP contribution in [0.25, 0.3) is 0 Å². The van der Waals surface area contributed by atoms with Crippen LogP contribution in [0.2, 0.25) is 0 Å². The molecule has 3 aliphatic heterocycles. The van der Waals surface area contributed by atoms with Crippen molar-refractivity contribution in [1.82, 2.24) is 14.8 Å². The van der Waals surface area contributed by atoms with Gasteiger partial charge in [0.05, 0.1) is 35.6 Å². The number of morpholine rings is 1. The molecule has 1 aromatic rings. The quantitative estimate of drug-likeness (QED) is 0.714. The summed E-state index contributed by atoms with van der Waals surface area (Å²) in [6.45, 7) is 8.41. The van der Waals surface area contributed by atoms with Gasteiger partial charge in [-0.2, -0.15) is 0 Å². The zero-order valence-electron chi connectivity index (χ0n) is 17.9. The fourth-order valence-corrected chi connectivity index (χ4v) is 5.45. The third kappa shape index (κ3) is 4.85. The highest BCUT2D eigenvalue weighted by Crippen LogP contribution is 2.36. The fourth-order valence-electron chi connectivity index (χ4n) is 4.56. The van der Waals surface area contributed by atoms with Crippen molar-refractivity contribution in [2.24, 2.45) is 0 Å². The summed E-state index contributed by atoms with van der Waals surface area (Å²) in [5.74, 6) is 0.113. The van der Waals surface area contributed by atoms with Crippen molar-refractivity contribution in [2.75, 3.05) is 52.6 Å². The second kappa shape index (κ2) is 9.30. The number of amides is 2. The van der Waals surface area contributed by atoms with Crippen LogP contribution in [-0.2, 0) is 19.0 Å². The highest BCUT2D eigenvalue weighted by molar-refractivity contribution is 7.13. The molecule has 8 nitrogen and oxygen atoms in total. The Kier molecular flexibility index (Phi) is 6.72. The van der Waals surface area contributed by atoms with E-state index >= 15 is 0 Å². The summed E-state index contributed by atoms with van der Waals surface area (Å²) in [4.78, 5) is 34.1. The van der Waals surface area contributed by atoms with Gasteiger partial charge in [0.2, 0.25) is 5.91 Å². The molecule has 9 heteroatoms. The molecule has 0 aliphatic carbocycles. The average Bonchev–Trinajstić information content (AvgIpc) is 3.11.